The standard InChI is InChI=1S/C17H20N2OS/c1-3-20-16-10-5-4-9-15(16)19-17(21)18-12-14-8-6-7-13(2)11-14/h4-11H,3,12H2,1-2H3,(H2,18,19,21). The average molecular weight is 300 g/mol. The molecule has 0 unspecified atom stereocenters. The molecule has 0 aliphatic rings. The average Bonchev–Trinajstić information content (AvgIpc) is 2.48. The molecule has 0 amide bonds. The molecule has 0 heterocycles. The van der Waals surface area contributed by atoms with Gasteiger partial charge in [-0.05, 0) is 43.8 Å². The van der Waals surface area contributed by atoms with E-state index in [9.17, 15) is 0 Å². The first-order chi connectivity index (χ1) is 10.2. The van der Waals surface area contributed by atoms with Crippen molar-refractivity contribution in [1.29, 1.82) is 0 Å². The van der Waals surface area contributed by atoms with E-state index < -0.39 is 0 Å². The Morgan fingerprint density at radius 3 is 2.71 bits per heavy atom. The van der Waals surface area contributed by atoms with E-state index in [0.29, 0.717) is 18.3 Å². The summed E-state index contributed by atoms with van der Waals surface area (Å²) in [6, 6.07) is 16.1. The van der Waals surface area contributed by atoms with Crippen LogP contribution in [-0.2, 0) is 6.54 Å². The largest absolute Gasteiger partial charge is 0.492 e. The number of hydrogen-bond acceptors (Lipinski definition) is 2. The highest BCUT2D eigenvalue weighted by molar-refractivity contribution is 7.80. The third-order valence-corrected chi connectivity index (χ3v) is 3.22. The molecule has 0 aromatic heterocycles. The summed E-state index contributed by atoms with van der Waals surface area (Å²) >= 11 is 5.33. The zero-order valence-corrected chi connectivity index (χ0v) is 13.2. The number of para-hydroxylation sites is 2. The lowest BCUT2D eigenvalue weighted by molar-refractivity contribution is 0.342. The molecule has 0 atom stereocenters. The molecule has 2 aromatic rings. The normalized spacial score (nSPS) is 10.0. The summed E-state index contributed by atoms with van der Waals surface area (Å²) < 4.78 is 5.57. The number of hydrogen-bond donors (Lipinski definition) is 2. The van der Waals surface area contributed by atoms with Gasteiger partial charge in [-0.25, -0.2) is 0 Å². The molecular weight excluding hydrogens is 280 g/mol. The van der Waals surface area contributed by atoms with E-state index in [1.807, 2.05) is 37.3 Å². The molecule has 0 saturated heterocycles. The number of aryl methyl sites for hydroxylation is 1. The zero-order valence-electron chi connectivity index (χ0n) is 12.3. The molecule has 2 rings (SSSR count). The second kappa shape index (κ2) is 7.64. The summed E-state index contributed by atoms with van der Waals surface area (Å²) in [6.07, 6.45) is 0. The van der Waals surface area contributed by atoms with Gasteiger partial charge < -0.3 is 15.4 Å². The number of anilines is 1. The zero-order chi connectivity index (χ0) is 15.1. The number of benzene rings is 2. The third kappa shape index (κ3) is 4.76. The fourth-order valence-corrected chi connectivity index (χ4v) is 2.20. The SMILES string of the molecule is CCOc1ccccc1NC(=S)NCc1cccc(C)c1. The van der Waals surface area contributed by atoms with Gasteiger partial charge in [0.15, 0.2) is 5.11 Å². The summed E-state index contributed by atoms with van der Waals surface area (Å²) in [7, 11) is 0. The summed E-state index contributed by atoms with van der Waals surface area (Å²) in [4.78, 5) is 0. The quantitative estimate of drug-likeness (QED) is 0.821. The lowest BCUT2D eigenvalue weighted by Gasteiger charge is -2.14. The van der Waals surface area contributed by atoms with Crippen molar-refractivity contribution >= 4 is 23.0 Å². The smallest absolute Gasteiger partial charge is 0.171 e. The molecule has 0 aliphatic carbocycles. The highest BCUT2D eigenvalue weighted by atomic mass is 32.1. The van der Waals surface area contributed by atoms with Gasteiger partial charge in [0.05, 0.1) is 12.3 Å². The second-order valence-electron chi connectivity index (χ2n) is 4.73. The van der Waals surface area contributed by atoms with Gasteiger partial charge in [-0.3, -0.25) is 0 Å². The minimum Gasteiger partial charge on any atom is -0.492 e. The molecular formula is C17H20N2OS. The maximum Gasteiger partial charge on any atom is 0.171 e. The predicted molar refractivity (Wildman–Crippen MR) is 91.9 cm³/mol. The summed E-state index contributed by atoms with van der Waals surface area (Å²) in [5, 5.41) is 6.97. The number of thiocarbonyl (C=S) groups is 1. The van der Waals surface area contributed by atoms with Gasteiger partial charge in [0, 0.05) is 6.54 Å². The molecule has 21 heavy (non-hydrogen) atoms. The fraction of sp³-hybridized carbons (Fsp3) is 0.235. The van der Waals surface area contributed by atoms with Gasteiger partial charge in [0.2, 0.25) is 0 Å². The lowest BCUT2D eigenvalue weighted by atomic mass is 10.1. The van der Waals surface area contributed by atoms with Gasteiger partial charge >= 0.3 is 0 Å². The van der Waals surface area contributed by atoms with Crippen LogP contribution in [0.2, 0.25) is 0 Å². The van der Waals surface area contributed by atoms with Crippen LogP contribution < -0.4 is 15.4 Å². The van der Waals surface area contributed by atoms with Crippen LogP contribution in [0.1, 0.15) is 18.1 Å². The fourth-order valence-electron chi connectivity index (χ4n) is 2.02. The van der Waals surface area contributed by atoms with E-state index in [2.05, 4.69) is 35.8 Å². The van der Waals surface area contributed by atoms with Crippen molar-refractivity contribution in [3.05, 3.63) is 59.7 Å². The molecule has 2 aromatic carbocycles. The van der Waals surface area contributed by atoms with E-state index in [1.165, 1.54) is 11.1 Å². The maximum absolute atomic E-state index is 5.57. The highest BCUT2D eigenvalue weighted by Gasteiger charge is 2.04. The molecule has 0 saturated carbocycles. The number of rotatable bonds is 5. The molecule has 0 aliphatic heterocycles. The first-order valence-electron chi connectivity index (χ1n) is 7.01. The summed E-state index contributed by atoms with van der Waals surface area (Å²) in [5.74, 6) is 0.805. The molecule has 0 spiro atoms. The Kier molecular flexibility index (Phi) is 5.58. The monoisotopic (exact) mass is 300 g/mol. The highest BCUT2D eigenvalue weighted by Crippen LogP contribution is 2.23. The van der Waals surface area contributed by atoms with Gasteiger partial charge in [-0.2, -0.15) is 0 Å². The first kappa shape index (κ1) is 15.3. The van der Waals surface area contributed by atoms with Gasteiger partial charge in [0.25, 0.3) is 0 Å². The van der Waals surface area contributed by atoms with Crippen LogP contribution in [-0.4, -0.2) is 11.7 Å². The van der Waals surface area contributed by atoms with Crippen molar-refractivity contribution in [2.75, 3.05) is 11.9 Å². The Hall–Kier alpha value is -2.07. The molecule has 0 bridgehead atoms. The Balaban J connectivity index is 1.93. The van der Waals surface area contributed by atoms with Crippen LogP contribution in [0.15, 0.2) is 48.5 Å². The van der Waals surface area contributed by atoms with Crippen LogP contribution in [0.3, 0.4) is 0 Å². The van der Waals surface area contributed by atoms with Crippen LogP contribution in [0.25, 0.3) is 0 Å². The number of nitrogens with one attached hydrogen (secondary N) is 2. The van der Waals surface area contributed by atoms with Crippen molar-refractivity contribution < 1.29 is 4.74 Å². The molecule has 0 fully saturated rings. The first-order valence-corrected chi connectivity index (χ1v) is 7.42. The minimum absolute atomic E-state index is 0.587. The number of ether oxygens (including phenoxy) is 1. The second-order valence-corrected chi connectivity index (χ2v) is 5.13. The van der Waals surface area contributed by atoms with Gasteiger partial charge in [-0.15, -0.1) is 0 Å². The van der Waals surface area contributed by atoms with Crippen molar-refractivity contribution in [3.63, 3.8) is 0 Å². The predicted octanol–water partition coefficient (Wildman–Crippen LogP) is 3.88. The molecule has 4 heteroatoms. The third-order valence-electron chi connectivity index (χ3n) is 2.97. The molecule has 2 N–H and O–H groups in total. The van der Waals surface area contributed by atoms with Crippen LogP contribution in [0, 0.1) is 6.92 Å². The van der Waals surface area contributed by atoms with E-state index in [1.54, 1.807) is 0 Å². The van der Waals surface area contributed by atoms with Crippen LogP contribution in [0.5, 0.6) is 5.75 Å². The maximum atomic E-state index is 5.57. The summed E-state index contributed by atoms with van der Waals surface area (Å²) in [5.41, 5.74) is 3.33. The van der Waals surface area contributed by atoms with Crippen molar-refractivity contribution in [3.8, 4) is 5.75 Å². The van der Waals surface area contributed by atoms with Crippen molar-refractivity contribution in [2.24, 2.45) is 0 Å². The molecule has 110 valence electrons. The van der Waals surface area contributed by atoms with E-state index >= 15 is 0 Å². The topological polar surface area (TPSA) is 33.3 Å². The van der Waals surface area contributed by atoms with E-state index in [-0.39, 0.29) is 0 Å². The Labute approximate surface area is 131 Å². The van der Waals surface area contributed by atoms with E-state index in [4.69, 9.17) is 17.0 Å². The Morgan fingerprint density at radius 2 is 1.95 bits per heavy atom. The lowest BCUT2D eigenvalue weighted by Crippen LogP contribution is -2.28. The minimum atomic E-state index is 0.587. The van der Waals surface area contributed by atoms with Gasteiger partial charge in [0.1, 0.15) is 5.75 Å². The van der Waals surface area contributed by atoms with Crippen molar-refractivity contribution in [2.45, 2.75) is 20.4 Å². The van der Waals surface area contributed by atoms with Crippen molar-refractivity contribution in [1.82, 2.24) is 5.32 Å². The molecule has 3 nitrogen and oxygen atoms in total. The Bertz CT molecular complexity index is 613. The Morgan fingerprint density at radius 1 is 1.14 bits per heavy atom. The van der Waals surface area contributed by atoms with Crippen LogP contribution >= 0.6 is 12.2 Å². The van der Waals surface area contributed by atoms with E-state index in [0.717, 1.165) is 11.4 Å². The van der Waals surface area contributed by atoms with Gasteiger partial charge in [-0.1, -0.05) is 42.0 Å². The molecule has 0 radical (unpaired) electrons. The summed E-state index contributed by atoms with van der Waals surface area (Å²) in [6.45, 7) is 5.37. The van der Waals surface area contributed by atoms with Crippen LogP contribution in [0.4, 0.5) is 5.69 Å².